The van der Waals surface area contributed by atoms with Crippen LogP contribution in [-0.4, -0.2) is 30.2 Å². The summed E-state index contributed by atoms with van der Waals surface area (Å²) < 4.78 is 4.93. The maximum atomic E-state index is 11.4. The fourth-order valence-electron chi connectivity index (χ4n) is 1.32. The number of alkyl carbamates (subject to hydrolysis) is 1. The first-order chi connectivity index (χ1) is 7.40. The van der Waals surface area contributed by atoms with E-state index in [1.165, 1.54) is 0 Å². The van der Waals surface area contributed by atoms with E-state index < -0.39 is 6.09 Å². The van der Waals surface area contributed by atoms with Gasteiger partial charge in [-0.2, -0.15) is 0 Å². The molecule has 5 nitrogen and oxygen atoms in total. The summed E-state index contributed by atoms with van der Waals surface area (Å²) >= 11 is 0. The zero-order valence-corrected chi connectivity index (χ0v) is 10.2. The number of carbonyl (C=O) groups excluding carboxylic acids is 2. The monoisotopic (exact) mass is 228 g/mol. The predicted molar refractivity (Wildman–Crippen MR) is 59.9 cm³/mol. The van der Waals surface area contributed by atoms with Crippen molar-refractivity contribution < 1.29 is 14.3 Å². The number of ketones is 1. The van der Waals surface area contributed by atoms with Crippen LogP contribution in [0.4, 0.5) is 4.79 Å². The smallest absolute Gasteiger partial charge is 0.408 e. The Balaban J connectivity index is 2.20. The van der Waals surface area contributed by atoms with Crippen LogP contribution in [0.5, 0.6) is 0 Å². The number of rotatable bonds is 5. The second-order valence-electron chi connectivity index (χ2n) is 4.67. The minimum atomic E-state index is -0.438. The van der Waals surface area contributed by atoms with E-state index in [2.05, 4.69) is 10.6 Å². The quantitative estimate of drug-likeness (QED) is 0.689. The SMILES string of the molecule is CC(C)OC(=O)NC1NC1CC(=O)C(C)C. The van der Waals surface area contributed by atoms with Gasteiger partial charge in [0.2, 0.25) is 0 Å². The van der Waals surface area contributed by atoms with Crippen LogP contribution in [0, 0.1) is 5.92 Å². The summed E-state index contributed by atoms with van der Waals surface area (Å²) in [5, 5.41) is 5.68. The Morgan fingerprint density at radius 3 is 2.44 bits per heavy atom. The van der Waals surface area contributed by atoms with E-state index in [9.17, 15) is 9.59 Å². The number of amides is 1. The molecular weight excluding hydrogens is 208 g/mol. The van der Waals surface area contributed by atoms with E-state index in [4.69, 9.17) is 4.74 Å². The third-order valence-corrected chi connectivity index (χ3v) is 2.37. The van der Waals surface area contributed by atoms with E-state index in [1.54, 1.807) is 13.8 Å². The van der Waals surface area contributed by atoms with Crippen LogP contribution in [0.3, 0.4) is 0 Å². The molecule has 1 rings (SSSR count). The average molecular weight is 228 g/mol. The zero-order chi connectivity index (χ0) is 12.3. The lowest BCUT2D eigenvalue weighted by atomic mass is 10.0. The van der Waals surface area contributed by atoms with Crippen molar-refractivity contribution in [2.45, 2.75) is 52.4 Å². The van der Waals surface area contributed by atoms with Gasteiger partial charge in [0.05, 0.1) is 12.3 Å². The first-order valence-corrected chi connectivity index (χ1v) is 5.66. The molecule has 1 amide bonds. The zero-order valence-electron chi connectivity index (χ0n) is 10.2. The molecule has 2 unspecified atom stereocenters. The molecule has 1 fully saturated rings. The van der Waals surface area contributed by atoms with E-state index in [0.717, 1.165) is 0 Å². The van der Waals surface area contributed by atoms with Gasteiger partial charge in [0.15, 0.2) is 0 Å². The Bertz CT molecular complexity index is 276. The first kappa shape index (κ1) is 13.0. The summed E-state index contributed by atoms with van der Waals surface area (Å²) in [6.07, 6.45) is -0.222. The second-order valence-corrected chi connectivity index (χ2v) is 4.67. The van der Waals surface area contributed by atoms with Gasteiger partial charge in [-0.15, -0.1) is 0 Å². The Kier molecular flexibility index (Phi) is 4.29. The summed E-state index contributed by atoms with van der Waals surface area (Å²) in [6, 6.07) is 0.0645. The Hall–Kier alpha value is -1.10. The van der Waals surface area contributed by atoms with Crippen molar-refractivity contribution in [2.24, 2.45) is 5.92 Å². The Morgan fingerprint density at radius 1 is 1.31 bits per heavy atom. The molecule has 0 aromatic rings. The highest BCUT2D eigenvalue weighted by molar-refractivity contribution is 5.81. The van der Waals surface area contributed by atoms with Crippen LogP contribution in [0.1, 0.15) is 34.1 Å². The molecule has 0 aromatic carbocycles. The van der Waals surface area contributed by atoms with Crippen LogP contribution in [0.15, 0.2) is 0 Å². The second kappa shape index (κ2) is 5.30. The summed E-state index contributed by atoms with van der Waals surface area (Å²) in [4.78, 5) is 22.6. The molecule has 0 aromatic heterocycles. The highest BCUT2D eigenvalue weighted by atomic mass is 16.6. The van der Waals surface area contributed by atoms with E-state index in [0.29, 0.717) is 6.42 Å². The fraction of sp³-hybridized carbons (Fsp3) is 0.818. The molecule has 2 N–H and O–H groups in total. The van der Waals surface area contributed by atoms with Gasteiger partial charge in [0.1, 0.15) is 5.78 Å². The molecule has 16 heavy (non-hydrogen) atoms. The third kappa shape index (κ3) is 4.18. The maximum Gasteiger partial charge on any atom is 0.408 e. The van der Waals surface area contributed by atoms with E-state index >= 15 is 0 Å². The molecule has 0 saturated carbocycles. The molecule has 5 heteroatoms. The first-order valence-electron chi connectivity index (χ1n) is 5.66. The third-order valence-electron chi connectivity index (χ3n) is 2.37. The number of hydrogen-bond acceptors (Lipinski definition) is 4. The molecule has 0 bridgehead atoms. The van der Waals surface area contributed by atoms with Crippen molar-refractivity contribution in [2.75, 3.05) is 0 Å². The lowest BCUT2D eigenvalue weighted by Gasteiger charge is -2.08. The fourth-order valence-corrected chi connectivity index (χ4v) is 1.32. The Labute approximate surface area is 95.9 Å². The van der Waals surface area contributed by atoms with Gasteiger partial charge in [-0.05, 0) is 13.8 Å². The van der Waals surface area contributed by atoms with Gasteiger partial charge < -0.3 is 10.1 Å². The number of nitrogens with one attached hydrogen (secondary N) is 2. The molecule has 1 heterocycles. The highest BCUT2D eigenvalue weighted by Crippen LogP contribution is 2.15. The van der Waals surface area contributed by atoms with Gasteiger partial charge in [-0.3, -0.25) is 10.1 Å². The molecule has 0 spiro atoms. The van der Waals surface area contributed by atoms with Crippen LogP contribution in [-0.2, 0) is 9.53 Å². The van der Waals surface area contributed by atoms with Crippen LogP contribution >= 0.6 is 0 Å². The van der Waals surface area contributed by atoms with Crippen LogP contribution < -0.4 is 10.6 Å². The molecule has 1 saturated heterocycles. The van der Waals surface area contributed by atoms with Crippen LogP contribution in [0.25, 0.3) is 0 Å². The number of ether oxygens (including phenoxy) is 1. The van der Waals surface area contributed by atoms with Crippen molar-refractivity contribution in [3.05, 3.63) is 0 Å². The van der Waals surface area contributed by atoms with Gasteiger partial charge in [0, 0.05) is 18.4 Å². The summed E-state index contributed by atoms with van der Waals surface area (Å²) in [7, 11) is 0. The van der Waals surface area contributed by atoms with Crippen molar-refractivity contribution in [1.82, 2.24) is 10.6 Å². The van der Waals surface area contributed by atoms with Crippen molar-refractivity contribution in [3.63, 3.8) is 0 Å². The molecule has 0 radical (unpaired) electrons. The summed E-state index contributed by atoms with van der Waals surface area (Å²) in [6.45, 7) is 7.33. The van der Waals surface area contributed by atoms with Gasteiger partial charge in [-0.1, -0.05) is 13.8 Å². The average Bonchev–Trinajstić information content (AvgIpc) is 2.81. The van der Waals surface area contributed by atoms with Gasteiger partial charge in [-0.25, -0.2) is 4.79 Å². The number of Topliss-reactive ketones (excluding diaryl/α,β-unsaturated/α-hetero) is 1. The Morgan fingerprint density at radius 2 is 1.94 bits per heavy atom. The van der Waals surface area contributed by atoms with Crippen molar-refractivity contribution >= 4 is 11.9 Å². The van der Waals surface area contributed by atoms with Gasteiger partial charge >= 0.3 is 6.09 Å². The molecule has 92 valence electrons. The minimum Gasteiger partial charge on any atom is -0.447 e. The largest absolute Gasteiger partial charge is 0.447 e. The van der Waals surface area contributed by atoms with E-state index in [-0.39, 0.29) is 30.0 Å². The van der Waals surface area contributed by atoms with Crippen LogP contribution in [0.2, 0.25) is 0 Å². The molecule has 1 aliphatic heterocycles. The van der Waals surface area contributed by atoms with E-state index in [1.807, 2.05) is 13.8 Å². The minimum absolute atomic E-state index is 0.0469. The predicted octanol–water partition coefficient (Wildman–Crippen LogP) is 1.03. The molecule has 0 aliphatic carbocycles. The lowest BCUT2D eigenvalue weighted by molar-refractivity contribution is -0.121. The summed E-state index contributed by atoms with van der Waals surface area (Å²) in [5.41, 5.74) is 0. The standard InChI is InChI=1S/C11H20N2O3/c1-6(2)9(14)5-8-10(12-8)13-11(15)16-7(3)4/h6-8,10,12H,5H2,1-4H3,(H,13,15). The summed E-state index contributed by atoms with van der Waals surface area (Å²) in [5.74, 6) is 0.254. The number of hydrogen-bond donors (Lipinski definition) is 2. The van der Waals surface area contributed by atoms with Crippen molar-refractivity contribution in [1.29, 1.82) is 0 Å². The normalized spacial score (nSPS) is 23.4. The van der Waals surface area contributed by atoms with Crippen molar-refractivity contribution in [3.8, 4) is 0 Å². The van der Waals surface area contributed by atoms with Gasteiger partial charge in [0.25, 0.3) is 0 Å². The highest BCUT2D eigenvalue weighted by Gasteiger charge is 2.39. The maximum absolute atomic E-state index is 11.4. The molecular formula is C11H20N2O3. The topological polar surface area (TPSA) is 77.3 Å². The molecule has 1 aliphatic rings. The molecule has 2 atom stereocenters. The number of carbonyl (C=O) groups is 2. The lowest BCUT2D eigenvalue weighted by Crippen LogP contribution is -2.31.